The van der Waals surface area contributed by atoms with Crippen molar-refractivity contribution in [3.8, 4) is 22.4 Å². The van der Waals surface area contributed by atoms with Crippen molar-refractivity contribution < 1.29 is 0 Å². The monoisotopic (exact) mass is 407 g/mol. The molecule has 31 heavy (non-hydrogen) atoms. The Balaban J connectivity index is 1.87. The predicted molar refractivity (Wildman–Crippen MR) is 135 cm³/mol. The second kappa shape index (κ2) is 7.64. The molecule has 0 fully saturated rings. The van der Waals surface area contributed by atoms with Crippen LogP contribution in [0.1, 0.15) is 58.2 Å². The highest BCUT2D eigenvalue weighted by Gasteiger charge is 2.16. The molecular formula is C30H33N. The lowest BCUT2D eigenvalue weighted by Crippen LogP contribution is -2.10. The van der Waals surface area contributed by atoms with Crippen LogP contribution in [0, 0.1) is 6.92 Å². The zero-order chi connectivity index (χ0) is 22.4. The van der Waals surface area contributed by atoms with Gasteiger partial charge in [-0.2, -0.15) is 0 Å². The van der Waals surface area contributed by atoms with Gasteiger partial charge in [0.25, 0.3) is 0 Å². The van der Waals surface area contributed by atoms with E-state index in [1.165, 1.54) is 33.2 Å². The van der Waals surface area contributed by atoms with Crippen LogP contribution in [0.5, 0.6) is 0 Å². The minimum Gasteiger partial charge on any atom is -0.248 e. The molecule has 1 heterocycles. The van der Waals surface area contributed by atoms with E-state index in [0.717, 1.165) is 16.8 Å². The van der Waals surface area contributed by atoms with E-state index in [1.807, 2.05) is 0 Å². The third-order valence-corrected chi connectivity index (χ3v) is 6.07. The highest BCUT2D eigenvalue weighted by molar-refractivity contribution is 5.97. The van der Waals surface area contributed by atoms with Gasteiger partial charge in [-0.3, -0.25) is 0 Å². The fraction of sp³-hybridized carbons (Fsp3) is 0.300. The fourth-order valence-corrected chi connectivity index (χ4v) is 4.02. The van der Waals surface area contributed by atoms with Crippen molar-refractivity contribution in [3.63, 3.8) is 0 Å². The standard InChI is InChI=1S/C30H33N/c1-20-8-17-27-26(18-20)25(21-9-13-23(14-10-21)29(2,3)4)19-28(31-27)22-11-15-24(16-12-22)30(5,6)7/h8-19H,1-7H3. The molecule has 0 saturated heterocycles. The Kier molecular flexibility index (Phi) is 5.25. The molecular weight excluding hydrogens is 374 g/mol. The normalized spacial score (nSPS) is 12.4. The third kappa shape index (κ3) is 4.42. The van der Waals surface area contributed by atoms with Gasteiger partial charge >= 0.3 is 0 Å². The zero-order valence-electron chi connectivity index (χ0n) is 19.9. The van der Waals surface area contributed by atoms with Gasteiger partial charge in [-0.25, -0.2) is 4.98 Å². The van der Waals surface area contributed by atoms with Crippen LogP contribution in [-0.2, 0) is 10.8 Å². The first kappa shape index (κ1) is 21.3. The molecule has 3 aromatic carbocycles. The van der Waals surface area contributed by atoms with Crippen molar-refractivity contribution in [1.29, 1.82) is 0 Å². The predicted octanol–water partition coefficient (Wildman–Crippen LogP) is 8.47. The first-order chi connectivity index (χ1) is 14.5. The number of benzene rings is 3. The van der Waals surface area contributed by atoms with Gasteiger partial charge in [0, 0.05) is 10.9 Å². The highest BCUT2D eigenvalue weighted by atomic mass is 14.7. The number of aryl methyl sites for hydroxylation is 1. The quantitative estimate of drug-likeness (QED) is 0.325. The lowest BCUT2D eigenvalue weighted by molar-refractivity contribution is 0.590. The summed E-state index contributed by atoms with van der Waals surface area (Å²) in [7, 11) is 0. The number of hydrogen-bond donors (Lipinski definition) is 0. The second-order valence-corrected chi connectivity index (χ2v) is 10.7. The van der Waals surface area contributed by atoms with Crippen molar-refractivity contribution in [2.45, 2.75) is 59.3 Å². The third-order valence-electron chi connectivity index (χ3n) is 6.07. The molecule has 0 aliphatic rings. The average molecular weight is 408 g/mol. The summed E-state index contributed by atoms with van der Waals surface area (Å²) in [4.78, 5) is 5.02. The van der Waals surface area contributed by atoms with Crippen LogP contribution in [0.2, 0.25) is 0 Å². The van der Waals surface area contributed by atoms with Crippen LogP contribution in [0.3, 0.4) is 0 Å². The maximum absolute atomic E-state index is 5.02. The maximum Gasteiger partial charge on any atom is 0.0715 e. The van der Waals surface area contributed by atoms with Gasteiger partial charge in [-0.15, -0.1) is 0 Å². The number of fused-ring (bicyclic) bond motifs is 1. The molecule has 0 atom stereocenters. The number of hydrogen-bond acceptors (Lipinski definition) is 1. The molecule has 0 saturated carbocycles. The Labute approximate surface area is 187 Å². The van der Waals surface area contributed by atoms with E-state index in [4.69, 9.17) is 4.98 Å². The Hall–Kier alpha value is -2.93. The molecule has 0 unspecified atom stereocenters. The molecule has 0 bridgehead atoms. The Morgan fingerprint density at radius 1 is 0.581 bits per heavy atom. The number of rotatable bonds is 2. The van der Waals surface area contributed by atoms with Crippen molar-refractivity contribution in [2.24, 2.45) is 0 Å². The van der Waals surface area contributed by atoms with Gasteiger partial charge in [-0.05, 0) is 58.2 Å². The van der Waals surface area contributed by atoms with Gasteiger partial charge in [0.1, 0.15) is 0 Å². The van der Waals surface area contributed by atoms with E-state index in [2.05, 4.69) is 121 Å². The summed E-state index contributed by atoms with van der Waals surface area (Å²) in [5.41, 5.74) is 9.93. The van der Waals surface area contributed by atoms with Gasteiger partial charge in [0.2, 0.25) is 0 Å². The molecule has 0 amide bonds. The summed E-state index contributed by atoms with van der Waals surface area (Å²) in [5, 5.41) is 1.21. The van der Waals surface area contributed by atoms with Crippen molar-refractivity contribution in [3.05, 3.63) is 89.5 Å². The molecule has 0 spiro atoms. The van der Waals surface area contributed by atoms with Crippen LogP contribution < -0.4 is 0 Å². The molecule has 0 aliphatic heterocycles. The summed E-state index contributed by atoms with van der Waals surface area (Å²) in [6.07, 6.45) is 0. The van der Waals surface area contributed by atoms with Crippen LogP contribution in [0.25, 0.3) is 33.3 Å². The number of pyridine rings is 1. The highest BCUT2D eigenvalue weighted by Crippen LogP contribution is 2.34. The maximum atomic E-state index is 5.02. The summed E-state index contributed by atoms with van der Waals surface area (Å²) < 4.78 is 0. The van der Waals surface area contributed by atoms with Gasteiger partial charge in [0.05, 0.1) is 11.2 Å². The summed E-state index contributed by atoms with van der Waals surface area (Å²) in [5.74, 6) is 0. The topological polar surface area (TPSA) is 12.9 Å². The summed E-state index contributed by atoms with van der Waals surface area (Å²) >= 11 is 0. The molecule has 0 aliphatic carbocycles. The minimum atomic E-state index is 0.146. The van der Waals surface area contributed by atoms with Crippen LogP contribution in [-0.4, -0.2) is 4.98 Å². The Bertz CT molecular complexity index is 1220. The van der Waals surface area contributed by atoms with Crippen LogP contribution in [0.4, 0.5) is 0 Å². The summed E-state index contributed by atoms with van der Waals surface area (Å²) in [6, 6.07) is 26.7. The van der Waals surface area contributed by atoms with E-state index in [0.29, 0.717) is 0 Å². The Morgan fingerprint density at radius 3 is 1.61 bits per heavy atom. The fourth-order valence-electron chi connectivity index (χ4n) is 4.02. The zero-order valence-corrected chi connectivity index (χ0v) is 19.9. The van der Waals surface area contributed by atoms with Crippen molar-refractivity contribution in [1.82, 2.24) is 4.98 Å². The molecule has 4 rings (SSSR count). The van der Waals surface area contributed by atoms with Gasteiger partial charge in [0.15, 0.2) is 0 Å². The van der Waals surface area contributed by atoms with E-state index in [-0.39, 0.29) is 10.8 Å². The summed E-state index contributed by atoms with van der Waals surface area (Å²) in [6.45, 7) is 15.7. The second-order valence-electron chi connectivity index (χ2n) is 10.7. The molecule has 1 aromatic heterocycles. The van der Waals surface area contributed by atoms with Crippen LogP contribution >= 0.6 is 0 Å². The van der Waals surface area contributed by atoms with E-state index >= 15 is 0 Å². The first-order valence-electron chi connectivity index (χ1n) is 11.2. The average Bonchev–Trinajstić information content (AvgIpc) is 2.72. The van der Waals surface area contributed by atoms with E-state index < -0.39 is 0 Å². The molecule has 0 radical (unpaired) electrons. The van der Waals surface area contributed by atoms with E-state index in [1.54, 1.807) is 0 Å². The van der Waals surface area contributed by atoms with Crippen LogP contribution in [0.15, 0.2) is 72.8 Å². The minimum absolute atomic E-state index is 0.146. The molecule has 0 N–H and O–H groups in total. The smallest absolute Gasteiger partial charge is 0.0715 e. The van der Waals surface area contributed by atoms with E-state index in [9.17, 15) is 0 Å². The van der Waals surface area contributed by atoms with Gasteiger partial charge < -0.3 is 0 Å². The molecule has 1 nitrogen and oxygen atoms in total. The molecule has 4 aromatic rings. The largest absolute Gasteiger partial charge is 0.248 e. The first-order valence-corrected chi connectivity index (χ1v) is 11.2. The Morgan fingerprint density at radius 2 is 1.10 bits per heavy atom. The number of nitrogens with zero attached hydrogens (tertiary/aromatic N) is 1. The SMILES string of the molecule is Cc1ccc2nc(-c3ccc(C(C)(C)C)cc3)cc(-c3ccc(C(C)(C)C)cc3)c2c1. The lowest BCUT2D eigenvalue weighted by Gasteiger charge is -2.20. The molecule has 158 valence electrons. The van der Waals surface area contributed by atoms with Crippen molar-refractivity contribution >= 4 is 10.9 Å². The molecule has 1 heteroatoms. The lowest BCUT2D eigenvalue weighted by atomic mass is 9.85. The number of aromatic nitrogens is 1. The van der Waals surface area contributed by atoms with Gasteiger partial charge in [-0.1, -0.05) is 102 Å². The van der Waals surface area contributed by atoms with Crippen molar-refractivity contribution in [2.75, 3.05) is 0 Å².